The molecule has 0 radical (unpaired) electrons. The van der Waals surface area contributed by atoms with Gasteiger partial charge in [-0.3, -0.25) is 14.4 Å². The molecule has 0 unspecified atom stereocenters. The summed E-state index contributed by atoms with van der Waals surface area (Å²) in [6, 6.07) is 4.89. The van der Waals surface area contributed by atoms with Gasteiger partial charge in [-0.2, -0.15) is 0 Å². The lowest BCUT2D eigenvalue weighted by molar-refractivity contribution is -0.0638. The number of imide groups is 1. The Morgan fingerprint density at radius 2 is 1.84 bits per heavy atom. The van der Waals surface area contributed by atoms with E-state index in [1.54, 1.807) is 12.1 Å². The first kappa shape index (κ1) is 13.1. The van der Waals surface area contributed by atoms with Gasteiger partial charge in [0.1, 0.15) is 0 Å². The van der Waals surface area contributed by atoms with Crippen LogP contribution in [0.3, 0.4) is 0 Å². The summed E-state index contributed by atoms with van der Waals surface area (Å²) >= 11 is 0. The minimum atomic E-state index is -1.70. The second-order valence-electron chi connectivity index (χ2n) is 5.24. The SMILES string of the molecule is CC(C)(C)c1cccc2c1C(=O)N(OC(=O)O)C2=O. The number of hydroxylamine groups is 2. The Morgan fingerprint density at radius 1 is 1.21 bits per heavy atom. The van der Waals surface area contributed by atoms with Crippen LogP contribution < -0.4 is 0 Å². The second-order valence-corrected chi connectivity index (χ2v) is 5.24. The monoisotopic (exact) mass is 263 g/mol. The molecule has 0 saturated carbocycles. The van der Waals surface area contributed by atoms with Gasteiger partial charge in [0, 0.05) is 0 Å². The van der Waals surface area contributed by atoms with Crippen LogP contribution in [0.25, 0.3) is 0 Å². The number of nitrogens with zero attached hydrogens (tertiary/aromatic N) is 1. The highest BCUT2D eigenvalue weighted by atomic mass is 16.8. The first-order chi connectivity index (χ1) is 8.73. The topological polar surface area (TPSA) is 83.9 Å². The summed E-state index contributed by atoms with van der Waals surface area (Å²) in [6.07, 6.45) is -1.70. The average molecular weight is 263 g/mol. The molecule has 1 aliphatic heterocycles. The number of fused-ring (bicyclic) bond motifs is 1. The third-order valence-electron chi connectivity index (χ3n) is 2.86. The van der Waals surface area contributed by atoms with Crippen LogP contribution in [0.15, 0.2) is 18.2 Å². The summed E-state index contributed by atoms with van der Waals surface area (Å²) in [4.78, 5) is 38.8. The summed E-state index contributed by atoms with van der Waals surface area (Å²) < 4.78 is 0. The molecule has 2 rings (SSSR count). The van der Waals surface area contributed by atoms with E-state index in [9.17, 15) is 14.4 Å². The molecule has 1 heterocycles. The maximum absolute atomic E-state index is 12.1. The van der Waals surface area contributed by atoms with Crippen molar-refractivity contribution in [1.29, 1.82) is 0 Å². The van der Waals surface area contributed by atoms with Crippen molar-refractivity contribution in [2.75, 3.05) is 0 Å². The fourth-order valence-electron chi connectivity index (χ4n) is 2.05. The predicted molar refractivity (Wildman–Crippen MR) is 64.8 cm³/mol. The number of hydrogen-bond donors (Lipinski definition) is 1. The van der Waals surface area contributed by atoms with E-state index < -0.39 is 18.0 Å². The predicted octanol–water partition coefficient (Wildman–Crippen LogP) is 2.19. The van der Waals surface area contributed by atoms with E-state index in [0.717, 1.165) is 0 Å². The zero-order chi connectivity index (χ0) is 14.4. The summed E-state index contributed by atoms with van der Waals surface area (Å²) in [5.41, 5.74) is 0.709. The summed E-state index contributed by atoms with van der Waals surface area (Å²) in [5, 5.41) is 8.83. The van der Waals surface area contributed by atoms with Crippen molar-refractivity contribution < 1.29 is 24.3 Å². The van der Waals surface area contributed by atoms with Crippen LogP contribution in [0, 0.1) is 0 Å². The first-order valence-corrected chi connectivity index (χ1v) is 5.66. The van der Waals surface area contributed by atoms with Crippen LogP contribution in [0.2, 0.25) is 0 Å². The van der Waals surface area contributed by atoms with Crippen molar-refractivity contribution in [2.45, 2.75) is 26.2 Å². The number of amides is 2. The van der Waals surface area contributed by atoms with Crippen molar-refractivity contribution in [3.63, 3.8) is 0 Å². The van der Waals surface area contributed by atoms with Gasteiger partial charge in [-0.05, 0) is 17.0 Å². The zero-order valence-corrected chi connectivity index (χ0v) is 10.8. The van der Waals surface area contributed by atoms with Gasteiger partial charge in [0.15, 0.2) is 0 Å². The number of carboxylic acid groups (broad SMARTS) is 1. The molecule has 1 aliphatic rings. The maximum atomic E-state index is 12.1. The van der Waals surface area contributed by atoms with E-state index in [4.69, 9.17) is 5.11 Å². The van der Waals surface area contributed by atoms with Crippen LogP contribution in [0.4, 0.5) is 4.79 Å². The maximum Gasteiger partial charge on any atom is 0.531 e. The van der Waals surface area contributed by atoms with E-state index >= 15 is 0 Å². The van der Waals surface area contributed by atoms with Crippen molar-refractivity contribution in [3.8, 4) is 0 Å². The van der Waals surface area contributed by atoms with Crippen LogP contribution in [0.5, 0.6) is 0 Å². The summed E-state index contributed by atoms with van der Waals surface area (Å²) in [5.74, 6) is -1.50. The van der Waals surface area contributed by atoms with Crippen molar-refractivity contribution in [3.05, 3.63) is 34.9 Å². The molecule has 19 heavy (non-hydrogen) atoms. The molecule has 0 bridgehead atoms. The largest absolute Gasteiger partial charge is 0.531 e. The van der Waals surface area contributed by atoms with Gasteiger partial charge in [-0.15, -0.1) is 0 Å². The Labute approximate surface area is 109 Å². The normalized spacial score (nSPS) is 14.6. The molecule has 0 fully saturated rings. The van der Waals surface area contributed by atoms with E-state index in [1.165, 1.54) is 6.07 Å². The van der Waals surface area contributed by atoms with Gasteiger partial charge >= 0.3 is 6.16 Å². The number of carbonyl (C=O) groups excluding carboxylic acids is 2. The smallest absolute Gasteiger partial charge is 0.448 e. The number of carbonyl (C=O) groups is 3. The Kier molecular flexibility index (Phi) is 2.81. The molecule has 0 spiro atoms. The van der Waals surface area contributed by atoms with Gasteiger partial charge in [-0.1, -0.05) is 38.0 Å². The average Bonchev–Trinajstić information content (AvgIpc) is 2.53. The number of benzene rings is 1. The second kappa shape index (κ2) is 4.08. The molecule has 0 saturated heterocycles. The summed E-state index contributed by atoms with van der Waals surface area (Å²) in [6.45, 7) is 5.71. The quantitative estimate of drug-likeness (QED) is 0.785. The highest BCUT2D eigenvalue weighted by Gasteiger charge is 2.42. The van der Waals surface area contributed by atoms with Crippen molar-refractivity contribution in [2.24, 2.45) is 0 Å². The van der Waals surface area contributed by atoms with E-state index in [0.29, 0.717) is 5.56 Å². The number of rotatable bonds is 1. The molecule has 0 aromatic heterocycles. The van der Waals surface area contributed by atoms with Crippen molar-refractivity contribution >= 4 is 18.0 Å². The van der Waals surface area contributed by atoms with Gasteiger partial charge in [-0.25, -0.2) is 4.79 Å². The van der Waals surface area contributed by atoms with Crippen LogP contribution >= 0.6 is 0 Å². The molecule has 6 nitrogen and oxygen atoms in total. The molecule has 0 atom stereocenters. The van der Waals surface area contributed by atoms with Gasteiger partial charge in [0.05, 0.1) is 11.1 Å². The van der Waals surface area contributed by atoms with Crippen molar-refractivity contribution in [1.82, 2.24) is 5.06 Å². The van der Waals surface area contributed by atoms with Gasteiger partial charge < -0.3 is 5.11 Å². The molecule has 1 N–H and O–H groups in total. The molecule has 1 aromatic carbocycles. The zero-order valence-electron chi connectivity index (χ0n) is 10.8. The Balaban J connectivity index is 2.57. The standard InChI is InChI=1S/C13H13NO5/c1-13(2,3)8-6-4-5-7-9(8)11(16)14(10(7)15)19-12(17)18/h4-6H,1-3H3,(H,17,18). The molecule has 0 aliphatic carbocycles. The third-order valence-corrected chi connectivity index (χ3v) is 2.86. The van der Waals surface area contributed by atoms with Gasteiger partial charge in [0.2, 0.25) is 0 Å². The van der Waals surface area contributed by atoms with Crippen LogP contribution in [-0.4, -0.2) is 28.1 Å². The lowest BCUT2D eigenvalue weighted by Gasteiger charge is -2.21. The lowest BCUT2D eigenvalue weighted by atomic mass is 9.82. The first-order valence-electron chi connectivity index (χ1n) is 5.66. The minimum absolute atomic E-state index is 0.165. The lowest BCUT2D eigenvalue weighted by Crippen LogP contribution is -2.32. The van der Waals surface area contributed by atoms with Crippen LogP contribution in [-0.2, 0) is 10.3 Å². The van der Waals surface area contributed by atoms with E-state index in [2.05, 4.69) is 4.84 Å². The molecule has 100 valence electrons. The molecule has 2 amide bonds. The highest BCUT2D eigenvalue weighted by molar-refractivity contribution is 6.21. The molecule has 6 heteroatoms. The fourth-order valence-corrected chi connectivity index (χ4v) is 2.05. The molecular weight excluding hydrogens is 250 g/mol. The Morgan fingerprint density at radius 3 is 2.37 bits per heavy atom. The summed E-state index contributed by atoms with van der Waals surface area (Å²) in [7, 11) is 0. The number of hydrogen-bond acceptors (Lipinski definition) is 4. The third kappa shape index (κ3) is 2.05. The van der Waals surface area contributed by atoms with Crippen LogP contribution in [0.1, 0.15) is 47.1 Å². The van der Waals surface area contributed by atoms with E-state index in [-0.39, 0.29) is 21.6 Å². The fraction of sp³-hybridized carbons (Fsp3) is 0.308. The van der Waals surface area contributed by atoms with E-state index in [1.807, 2.05) is 20.8 Å². The van der Waals surface area contributed by atoms with Gasteiger partial charge in [0.25, 0.3) is 11.8 Å². The Bertz CT molecular complexity index is 585. The molecular formula is C13H13NO5. The Hall–Kier alpha value is -2.37. The molecule has 1 aromatic rings. The minimum Gasteiger partial charge on any atom is -0.448 e. The highest BCUT2D eigenvalue weighted by Crippen LogP contribution is 2.33.